The quantitative estimate of drug-likeness (QED) is 0.653. The third-order valence-corrected chi connectivity index (χ3v) is 6.81. The van der Waals surface area contributed by atoms with Crippen LogP contribution in [0.1, 0.15) is 15.9 Å². The second-order valence-corrected chi connectivity index (χ2v) is 8.75. The predicted molar refractivity (Wildman–Crippen MR) is 97.9 cm³/mol. The molecule has 8 nitrogen and oxygen atoms in total. The monoisotopic (exact) mass is 385 g/mol. The van der Waals surface area contributed by atoms with Crippen LogP contribution in [0.3, 0.4) is 0 Å². The Hall–Kier alpha value is -2.94. The maximum absolute atomic E-state index is 12.6. The van der Waals surface area contributed by atoms with Crippen LogP contribution in [0.15, 0.2) is 60.5 Å². The minimum atomic E-state index is -3.52. The summed E-state index contributed by atoms with van der Waals surface area (Å²) in [4.78, 5) is 22.1. The minimum Gasteiger partial charge on any atom is -0.336 e. The zero-order valence-corrected chi connectivity index (χ0v) is 15.6. The molecular weight excluding hydrogens is 366 g/mol. The Morgan fingerprint density at radius 3 is 2.48 bits per heavy atom. The molecule has 9 heteroatoms. The van der Waals surface area contributed by atoms with Gasteiger partial charge in [-0.1, -0.05) is 12.1 Å². The summed E-state index contributed by atoms with van der Waals surface area (Å²) >= 11 is 0. The lowest BCUT2D eigenvalue weighted by Crippen LogP contribution is -2.57. The van der Waals surface area contributed by atoms with Gasteiger partial charge in [-0.15, -0.1) is 0 Å². The van der Waals surface area contributed by atoms with Crippen LogP contribution in [-0.4, -0.2) is 56.7 Å². The van der Waals surface area contributed by atoms with Gasteiger partial charge in [0.2, 0.25) is 15.0 Å². The first-order valence-electron chi connectivity index (χ1n) is 8.50. The standard InChI is InChI=1S/C18H19N5O3S/c1-21-8-7-20-18(21)27(25,26)16-11-23(12-16)17(24)15-4-2-14(3-5-15)10-22-9-6-19-13-22/h2-9,13,16H,10-12H2,1H3. The number of carbonyl (C=O) groups excluding carboxylic acids is 1. The van der Waals surface area contributed by atoms with Gasteiger partial charge in [0.05, 0.1) is 6.33 Å². The number of carbonyl (C=O) groups is 1. The van der Waals surface area contributed by atoms with Crippen molar-refractivity contribution in [2.75, 3.05) is 13.1 Å². The van der Waals surface area contributed by atoms with Crippen molar-refractivity contribution in [3.8, 4) is 0 Å². The number of rotatable bonds is 5. The number of aromatic nitrogens is 4. The van der Waals surface area contributed by atoms with E-state index >= 15 is 0 Å². The molecule has 140 valence electrons. The summed E-state index contributed by atoms with van der Waals surface area (Å²) in [6.45, 7) is 1.05. The molecule has 1 aliphatic heterocycles. The van der Waals surface area contributed by atoms with Crippen LogP contribution in [0.5, 0.6) is 0 Å². The average molecular weight is 385 g/mol. The number of aryl methyl sites for hydroxylation is 1. The van der Waals surface area contributed by atoms with Gasteiger partial charge in [0.1, 0.15) is 5.25 Å². The maximum atomic E-state index is 12.6. The molecule has 1 saturated heterocycles. The fraction of sp³-hybridized carbons (Fsp3) is 0.278. The van der Waals surface area contributed by atoms with Crippen LogP contribution >= 0.6 is 0 Å². The number of benzene rings is 1. The van der Waals surface area contributed by atoms with Gasteiger partial charge in [-0.25, -0.2) is 18.4 Å². The van der Waals surface area contributed by atoms with Crippen molar-refractivity contribution in [1.29, 1.82) is 0 Å². The summed E-state index contributed by atoms with van der Waals surface area (Å²) in [5.74, 6) is -0.157. The summed E-state index contributed by atoms with van der Waals surface area (Å²) in [7, 11) is -1.88. The molecule has 1 fully saturated rings. The Bertz CT molecular complexity index is 1050. The van der Waals surface area contributed by atoms with Gasteiger partial charge >= 0.3 is 0 Å². The van der Waals surface area contributed by atoms with Gasteiger partial charge in [-0.05, 0) is 17.7 Å². The Balaban J connectivity index is 1.39. The molecule has 1 aromatic carbocycles. The molecular formula is C18H19N5O3S. The van der Waals surface area contributed by atoms with Crippen LogP contribution < -0.4 is 0 Å². The van der Waals surface area contributed by atoms with Gasteiger partial charge in [0.15, 0.2) is 0 Å². The van der Waals surface area contributed by atoms with Crippen molar-refractivity contribution in [2.24, 2.45) is 7.05 Å². The summed E-state index contributed by atoms with van der Waals surface area (Å²) in [5, 5.41) is -0.563. The SMILES string of the molecule is Cn1ccnc1S(=O)(=O)C1CN(C(=O)c2ccc(Cn3ccnc3)cc2)C1. The molecule has 4 rings (SSSR count). The predicted octanol–water partition coefficient (Wildman–Crippen LogP) is 0.963. The Labute approximate surface area is 157 Å². The second kappa shape index (κ2) is 6.66. The molecule has 0 spiro atoms. The number of hydrogen-bond acceptors (Lipinski definition) is 5. The molecule has 2 aromatic heterocycles. The zero-order chi connectivity index (χ0) is 19.0. The van der Waals surface area contributed by atoms with Crippen molar-refractivity contribution >= 4 is 15.7 Å². The Kier molecular flexibility index (Phi) is 4.31. The number of hydrogen-bond donors (Lipinski definition) is 0. The highest BCUT2D eigenvalue weighted by Gasteiger charge is 2.42. The third kappa shape index (κ3) is 3.25. The number of imidazole rings is 2. The highest BCUT2D eigenvalue weighted by atomic mass is 32.2. The molecule has 0 saturated carbocycles. The van der Waals surface area contributed by atoms with E-state index in [-0.39, 0.29) is 24.2 Å². The zero-order valence-electron chi connectivity index (χ0n) is 14.8. The van der Waals surface area contributed by atoms with Gasteiger partial charge in [-0.2, -0.15) is 0 Å². The molecule has 0 radical (unpaired) electrons. The summed E-state index contributed by atoms with van der Waals surface area (Å²) in [5.41, 5.74) is 1.61. The molecule has 0 N–H and O–H groups in total. The molecule has 0 atom stereocenters. The fourth-order valence-corrected chi connectivity index (χ4v) is 4.82. The normalized spacial score (nSPS) is 14.9. The number of nitrogens with zero attached hydrogens (tertiary/aromatic N) is 5. The first kappa shape index (κ1) is 17.5. The van der Waals surface area contributed by atoms with Crippen LogP contribution in [0.4, 0.5) is 0 Å². The molecule has 3 heterocycles. The van der Waals surface area contributed by atoms with Crippen LogP contribution in [0, 0.1) is 0 Å². The molecule has 0 unspecified atom stereocenters. The summed E-state index contributed by atoms with van der Waals surface area (Å²) < 4.78 is 28.6. The minimum absolute atomic E-state index is 0.0449. The van der Waals surface area contributed by atoms with E-state index in [9.17, 15) is 13.2 Å². The van der Waals surface area contributed by atoms with E-state index in [1.165, 1.54) is 10.8 Å². The average Bonchev–Trinajstić information content (AvgIpc) is 3.25. The molecule has 3 aromatic rings. The van der Waals surface area contributed by atoms with E-state index < -0.39 is 15.1 Å². The number of amides is 1. The van der Waals surface area contributed by atoms with E-state index in [4.69, 9.17) is 0 Å². The van der Waals surface area contributed by atoms with Crippen LogP contribution in [0.25, 0.3) is 0 Å². The Morgan fingerprint density at radius 2 is 1.89 bits per heavy atom. The second-order valence-electron chi connectivity index (χ2n) is 6.63. The largest absolute Gasteiger partial charge is 0.336 e. The van der Waals surface area contributed by atoms with Crippen molar-refractivity contribution in [3.05, 3.63) is 66.5 Å². The number of sulfone groups is 1. The smallest absolute Gasteiger partial charge is 0.253 e. The van der Waals surface area contributed by atoms with Crippen molar-refractivity contribution < 1.29 is 13.2 Å². The number of likely N-dealkylation sites (tertiary alicyclic amines) is 1. The van der Waals surface area contributed by atoms with Crippen LogP contribution in [-0.2, 0) is 23.4 Å². The van der Waals surface area contributed by atoms with Gasteiger partial charge in [0, 0.05) is 57.0 Å². The molecule has 27 heavy (non-hydrogen) atoms. The highest BCUT2D eigenvalue weighted by molar-refractivity contribution is 7.92. The van der Waals surface area contributed by atoms with E-state index in [1.54, 1.807) is 42.8 Å². The highest BCUT2D eigenvalue weighted by Crippen LogP contribution is 2.24. The molecule has 0 bridgehead atoms. The molecule has 1 aliphatic rings. The summed E-state index contributed by atoms with van der Waals surface area (Å²) in [6.07, 6.45) is 8.39. The lowest BCUT2D eigenvalue weighted by Gasteiger charge is -2.38. The first-order chi connectivity index (χ1) is 12.9. The Morgan fingerprint density at radius 1 is 1.15 bits per heavy atom. The van der Waals surface area contributed by atoms with Crippen molar-refractivity contribution in [3.63, 3.8) is 0 Å². The maximum Gasteiger partial charge on any atom is 0.253 e. The topological polar surface area (TPSA) is 90.1 Å². The van der Waals surface area contributed by atoms with Gasteiger partial charge in [-0.3, -0.25) is 4.79 Å². The van der Waals surface area contributed by atoms with E-state index in [0.29, 0.717) is 12.1 Å². The summed E-state index contributed by atoms with van der Waals surface area (Å²) in [6, 6.07) is 7.34. The van der Waals surface area contributed by atoms with Crippen LogP contribution in [0.2, 0.25) is 0 Å². The lowest BCUT2D eigenvalue weighted by atomic mass is 10.1. The van der Waals surface area contributed by atoms with Crippen molar-refractivity contribution in [2.45, 2.75) is 17.0 Å². The molecule has 0 aliphatic carbocycles. The van der Waals surface area contributed by atoms with Crippen molar-refractivity contribution in [1.82, 2.24) is 24.0 Å². The third-order valence-electron chi connectivity index (χ3n) is 4.73. The molecule has 1 amide bonds. The van der Waals surface area contributed by atoms with E-state index in [2.05, 4.69) is 9.97 Å². The van der Waals surface area contributed by atoms with Gasteiger partial charge in [0.25, 0.3) is 5.91 Å². The van der Waals surface area contributed by atoms with E-state index in [1.807, 2.05) is 22.9 Å². The first-order valence-corrected chi connectivity index (χ1v) is 10.0. The van der Waals surface area contributed by atoms with Gasteiger partial charge < -0.3 is 14.0 Å². The lowest BCUT2D eigenvalue weighted by molar-refractivity contribution is 0.0658. The fourth-order valence-electron chi connectivity index (χ4n) is 3.10. The van der Waals surface area contributed by atoms with E-state index in [0.717, 1.165) is 5.56 Å².